The van der Waals surface area contributed by atoms with Crippen molar-refractivity contribution in [3.63, 3.8) is 0 Å². The molecule has 146 valence electrons. The topological polar surface area (TPSA) is 46.2 Å². The third kappa shape index (κ3) is 4.14. The molecule has 5 nitrogen and oxygen atoms in total. The fraction of sp³-hybridized carbons (Fsp3) is 0.217. The second-order valence-electron chi connectivity index (χ2n) is 6.05. The van der Waals surface area contributed by atoms with E-state index < -0.39 is 0 Å². The van der Waals surface area contributed by atoms with Crippen LogP contribution in [0.15, 0.2) is 60.7 Å². The van der Waals surface area contributed by atoms with E-state index in [9.17, 15) is 0 Å². The molecule has 0 aliphatic rings. The molecule has 0 heterocycles. The molecule has 0 saturated carbocycles. The lowest BCUT2D eigenvalue weighted by Gasteiger charge is -2.16. The minimum Gasteiger partial charge on any atom is -0.493 e. The molecule has 28 heavy (non-hydrogen) atoms. The molecule has 0 aliphatic carbocycles. The molecule has 0 saturated heterocycles. The highest BCUT2D eigenvalue weighted by Gasteiger charge is 2.15. The predicted molar refractivity (Wildman–Crippen MR) is 109 cm³/mol. The highest BCUT2D eigenvalue weighted by atomic mass is 16.5. The van der Waals surface area contributed by atoms with Gasteiger partial charge in [-0.15, -0.1) is 0 Å². The van der Waals surface area contributed by atoms with Crippen molar-refractivity contribution >= 4 is 0 Å². The smallest absolute Gasteiger partial charge is 0.203 e. The first-order valence-electron chi connectivity index (χ1n) is 8.85. The first-order chi connectivity index (χ1) is 13.7. The number of hydrogen-bond donors (Lipinski definition) is 0. The van der Waals surface area contributed by atoms with Gasteiger partial charge < -0.3 is 23.7 Å². The Balaban J connectivity index is 1.96. The zero-order valence-electron chi connectivity index (χ0n) is 16.5. The Morgan fingerprint density at radius 3 is 1.75 bits per heavy atom. The standard InChI is InChI=1S/C23H24O5/c1-24-19-11-10-17(12-20(19)28-15-16-8-6-5-7-9-16)18-13-21(25-2)23(27-4)22(14-18)26-3/h5-14H,15H2,1-4H3. The van der Waals surface area contributed by atoms with Crippen LogP contribution in [0.2, 0.25) is 0 Å². The monoisotopic (exact) mass is 380 g/mol. The SMILES string of the molecule is COc1ccc(-c2cc(OC)c(OC)c(OC)c2)cc1OCc1ccccc1. The predicted octanol–water partition coefficient (Wildman–Crippen LogP) is 4.97. The number of benzene rings is 3. The zero-order chi connectivity index (χ0) is 19.9. The molecular formula is C23H24O5. The molecule has 0 aromatic heterocycles. The van der Waals surface area contributed by atoms with Crippen molar-refractivity contribution in [2.24, 2.45) is 0 Å². The van der Waals surface area contributed by atoms with Gasteiger partial charge in [0, 0.05) is 0 Å². The minimum absolute atomic E-state index is 0.454. The van der Waals surface area contributed by atoms with E-state index in [0.29, 0.717) is 35.4 Å². The van der Waals surface area contributed by atoms with Gasteiger partial charge in [-0.25, -0.2) is 0 Å². The van der Waals surface area contributed by atoms with E-state index in [1.807, 2.05) is 60.7 Å². The molecule has 0 radical (unpaired) electrons. The Labute approximate surface area is 165 Å². The zero-order valence-corrected chi connectivity index (χ0v) is 16.5. The van der Waals surface area contributed by atoms with Crippen LogP contribution < -0.4 is 23.7 Å². The summed E-state index contributed by atoms with van der Waals surface area (Å²) in [5, 5.41) is 0. The summed E-state index contributed by atoms with van der Waals surface area (Å²) >= 11 is 0. The van der Waals surface area contributed by atoms with Gasteiger partial charge in [0.2, 0.25) is 5.75 Å². The molecule has 0 amide bonds. The Morgan fingerprint density at radius 1 is 0.571 bits per heavy atom. The van der Waals surface area contributed by atoms with Crippen LogP contribution in [-0.2, 0) is 6.61 Å². The molecule has 3 aromatic rings. The number of rotatable bonds is 8. The maximum absolute atomic E-state index is 6.02. The number of hydrogen-bond acceptors (Lipinski definition) is 5. The van der Waals surface area contributed by atoms with E-state index in [2.05, 4.69) is 0 Å². The van der Waals surface area contributed by atoms with Crippen molar-refractivity contribution in [3.05, 3.63) is 66.2 Å². The summed E-state index contributed by atoms with van der Waals surface area (Å²) in [4.78, 5) is 0. The van der Waals surface area contributed by atoms with Crippen LogP contribution in [0.4, 0.5) is 0 Å². The average Bonchev–Trinajstić information content (AvgIpc) is 2.77. The molecule has 0 bridgehead atoms. The third-order valence-corrected chi connectivity index (χ3v) is 4.40. The normalized spacial score (nSPS) is 10.3. The Hall–Kier alpha value is -3.34. The van der Waals surface area contributed by atoms with Crippen LogP contribution in [0, 0.1) is 0 Å². The van der Waals surface area contributed by atoms with Crippen molar-refractivity contribution in [2.45, 2.75) is 6.61 Å². The molecule has 0 aliphatic heterocycles. The van der Waals surface area contributed by atoms with E-state index in [-0.39, 0.29) is 0 Å². The summed E-state index contributed by atoms with van der Waals surface area (Å²) in [5.74, 6) is 3.09. The van der Waals surface area contributed by atoms with Gasteiger partial charge in [0.05, 0.1) is 28.4 Å². The minimum atomic E-state index is 0.454. The van der Waals surface area contributed by atoms with Gasteiger partial charge >= 0.3 is 0 Å². The Morgan fingerprint density at radius 2 is 1.18 bits per heavy atom. The molecule has 0 spiro atoms. The Kier molecular flexibility index (Phi) is 6.27. The van der Waals surface area contributed by atoms with Crippen molar-refractivity contribution < 1.29 is 23.7 Å². The second-order valence-corrected chi connectivity index (χ2v) is 6.05. The van der Waals surface area contributed by atoms with E-state index in [1.165, 1.54) is 0 Å². The average molecular weight is 380 g/mol. The first-order valence-corrected chi connectivity index (χ1v) is 8.85. The summed E-state index contributed by atoms with van der Waals surface area (Å²) in [7, 11) is 6.42. The molecule has 0 fully saturated rings. The lowest BCUT2D eigenvalue weighted by atomic mass is 10.0. The van der Waals surface area contributed by atoms with Crippen molar-refractivity contribution in [1.82, 2.24) is 0 Å². The lowest BCUT2D eigenvalue weighted by molar-refractivity contribution is 0.284. The Bertz CT molecular complexity index is 897. The maximum atomic E-state index is 6.02. The van der Waals surface area contributed by atoms with Gasteiger partial charge in [-0.2, -0.15) is 0 Å². The van der Waals surface area contributed by atoms with Gasteiger partial charge in [-0.3, -0.25) is 0 Å². The molecular weight excluding hydrogens is 356 g/mol. The molecule has 0 unspecified atom stereocenters. The summed E-state index contributed by atoms with van der Waals surface area (Å²) in [5.41, 5.74) is 2.95. The maximum Gasteiger partial charge on any atom is 0.203 e. The van der Waals surface area contributed by atoms with Gasteiger partial charge in [0.1, 0.15) is 6.61 Å². The summed E-state index contributed by atoms with van der Waals surface area (Å²) in [6, 6.07) is 19.6. The van der Waals surface area contributed by atoms with Gasteiger partial charge in [0.25, 0.3) is 0 Å². The summed E-state index contributed by atoms with van der Waals surface area (Å²) in [6.07, 6.45) is 0. The van der Waals surface area contributed by atoms with Crippen molar-refractivity contribution in [3.8, 4) is 39.9 Å². The molecule has 5 heteroatoms. The highest BCUT2D eigenvalue weighted by molar-refractivity contribution is 5.73. The quantitative estimate of drug-likeness (QED) is 0.552. The van der Waals surface area contributed by atoms with E-state index in [4.69, 9.17) is 23.7 Å². The molecule has 0 atom stereocenters. The fourth-order valence-electron chi connectivity index (χ4n) is 2.95. The third-order valence-electron chi connectivity index (χ3n) is 4.40. The van der Waals surface area contributed by atoms with Crippen molar-refractivity contribution in [1.29, 1.82) is 0 Å². The van der Waals surface area contributed by atoms with Crippen LogP contribution >= 0.6 is 0 Å². The molecule has 3 aromatic carbocycles. The fourth-order valence-corrected chi connectivity index (χ4v) is 2.95. The molecule has 3 rings (SSSR count). The summed E-state index contributed by atoms with van der Waals surface area (Å²) in [6.45, 7) is 0.454. The van der Waals surface area contributed by atoms with E-state index >= 15 is 0 Å². The van der Waals surface area contributed by atoms with E-state index in [1.54, 1.807) is 28.4 Å². The van der Waals surface area contributed by atoms with Crippen LogP contribution in [0.25, 0.3) is 11.1 Å². The van der Waals surface area contributed by atoms with Gasteiger partial charge in [-0.1, -0.05) is 36.4 Å². The lowest BCUT2D eigenvalue weighted by Crippen LogP contribution is -1.98. The van der Waals surface area contributed by atoms with Crippen molar-refractivity contribution in [2.75, 3.05) is 28.4 Å². The largest absolute Gasteiger partial charge is 0.493 e. The number of methoxy groups -OCH3 is 4. The van der Waals surface area contributed by atoms with Gasteiger partial charge in [-0.05, 0) is 41.0 Å². The van der Waals surface area contributed by atoms with Crippen LogP contribution in [-0.4, -0.2) is 28.4 Å². The highest BCUT2D eigenvalue weighted by Crippen LogP contribution is 2.42. The van der Waals surface area contributed by atoms with E-state index in [0.717, 1.165) is 16.7 Å². The van der Waals surface area contributed by atoms with Crippen LogP contribution in [0.5, 0.6) is 28.7 Å². The molecule has 0 N–H and O–H groups in total. The first kappa shape index (κ1) is 19.4. The number of ether oxygens (including phenoxy) is 5. The van der Waals surface area contributed by atoms with Gasteiger partial charge in [0.15, 0.2) is 23.0 Å². The second kappa shape index (κ2) is 9.04. The van der Waals surface area contributed by atoms with Crippen LogP contribution in [0.3, 0.4) is 0 Å². The van der Waals surface area contributed by atoms with Crippen LogP contribution in [0.1, 0.15) is 5.56 Å². The summed E-state index contributed by atoms with van der Waals surface area (Å²) < 4.78 is 27.8.